The van der Waals surface area contributed by atoms with Gasteiger partial charge in [-0.05, 0) is 24.6 Å². The monoisotopic (exact) mass is 412 g/mol. The van der Waals surface area contributed by atoms with Crippen LogP contribution in [0.15, 0.2) is 23.6 Å². The smallest absolute Gasteiger partial charge is 0.248 e. The average Bonchev–Trinajstić information content (AvgIpc) is 3.20. The third kappa shape index (κ3) is 4.72. The van der Waals surface area contributed by atoms with Crippen molar-refractivity contribution in [2.45, 2.75) is 25.3 Å². The van der Waals surface area contributed by atoms with Crippen molar-refractivity contribution in [2.24, 2.45) is 0 Å². The summed E-state index contributed by atoms with van der Waals surface area (Å²) in [7, 11) is 0. The number of amides is 3. The molecule has 1 aliphatic rings. The average molecular weight is 413 g/mol. The summed E-state index contributed by atoms with van der Waals surface area (Å²) in [6, 6.07) is 4.27. The van der Waals surface area contributed by atoms with Gasteiger partial charge in [-0.2, -0.15) is 0 Å². The predicted molar refractivity (Wildman–Crippen MR) is 101 cm³/mol. The van der Waals surface area contributed by atoms with E-state index in [9.17, 15) is 14.4 Å². The Morgan fingerprint density at radius 1 is 1.27 bits per heavy atom. The van der Waals surface area contributed by atoms with Crippen LogP contribution in [0.5, 0.6) is 0 Å². The number of hydrogen-bond donors (Lipinski definition) is 3. The van der Waals surface area contributed by atoms with E-state index in [-0.39, 0.29) is 24.1 Å². The van der Waals surface area contributed by atoms with Crippen molar-refractivity contribution in [3.05, 3.63) is 39.3 Å². The van der Waals surface area contributed by atoms with Gasteiger partial charge in [0, 0.05) is 17.5 Å². The van der Waals surface area contributed by atoms with Crippen molar-refractivity contribution in [1.82, 2.24) is 10.3 Å². The van der Waals surface area contributed by atoms with Gasteiger partial charge in [-0.3, -0.25) is 14.4 Å². The zero-order valence-electron chi connectivity index (χ0n) is 13.3. The van der Waals surface area contributed by atoms with Gasteiger partial charge < -0.3 is 16.0 Å². The van der Waals surface area contributed by atoms with E-state index in [1.165, 1.54) is 11.3 Å². The maximum atomic E-state index is 12.1. The molecule has 10 heteroatoms. The van der Waals surface area contributed by atoms with Gasteiger partial charge >= 0.3 is 0 Å². The fourth-order valence-electron chi connectivity index (χ4n) is 2.39. The third-order valence-corrected chi connectivity index (χ3v) is 5.18. The molecule has 0 radical (unpaired) electrons. The van der Waals surface area contributed by atoms with E-state index in [1.807, 2.05) is 0 Å². The minimum atomic E-state index is -0.534. The number of rotatable bonds is 5. The van der Waals surface area contributed by atoms with Crippen LogP contribution in [0.2, 0.25) is 10.0 Å². The van der Waals surface area contributed by atoms with E-state index in [0.29, 0.717) is 39.4 Å². The topological polar surface area (TPSA) is 100 Å². The van der Waals surface area contributed by atoms with E-state index >= 15 is 0 Å². The Balaban J connectivity index is 1.54. The second kappa shape index (κ2) is 8.03. The minimum Gasteiger partial charge on any atom is -0.344 e. The molecule has 3 N–H and O–H groups in total. The zero-order chi connectivity index (χ0) is 18.7. The van der Waals surface area contributed by atoms with E-state index in [4.69, 9.17) is 23.2 Å². The van der Waals surface area contributed by atoms with Gasteiger partial charge in [0.1, 0.15) is 6.04 Å². The van der Waals surface area contributed by atoms with Crippen LogP contribution in [-0.2, 0) is 20.8 Å². The van der Waals surface area contributed by atoms with E-state index in [1.54, 1.807) is 23.6 Å². The summed E-state index contributed by atoms with van der Waals surface area (Å²) in [6.45, 7) is 0. The fourth-order valence-corrected chi connectivity index (χ4v) is 3.40. The fraction of sp³-hybridized carbons (Fsp3) is 0.250. The van der Waals surface area contributed by atoms with E-state index in [2.05, 4.69) is 20.9 Å². The second-order valence-electron chi connectivity index (χ2n) is 5.65. The largest absolute Gasteiger partial charge is 0.344 e. The SMILES string of the molecule is O=C(Cc1csc(NC(=O)[C@H]2CCC(=O)N2)n1)Nc1ccc(Cl)c(Cl)c1. The van der Waals surface area contributed by atoms with Crippen LogP contribution < -0.4 is 16.0 Å². The molecule has 26 heavy (non-hydrogen) atoms. The number of benzene rings is 1. The van der Waals surface area contributed by atoms with Gasteiger partial charge in [0.25, 0.3) is 0 Å². The lowest BCUT2D eigenvalue weighted by molar-refractivity contribution is -0.122. The third-order valence-electron chi connectivity index (χ3n) is 3.64. The highest BCUT2D eigenvalue weighted by Crippen LogP contribution is 2.25. The maximum absolute atomic E-state index is 12.1. The first-order chi connectivity index (χ1) is 12.4. The molecule has 0 aliphatic carbocycles. The summed E-state index contributed by atoms with van der Waals surface area (Å²) >= 11 is 13.0. The van der Waals surface area contributed by atoms with Crippen LogP contribution in [0, 0.1) is 0 Å². The van der Waals surface area contributed by atoms with Crippen LogP contribution >= 0.6 is 34.5 Å². The van der Waals surface area contributed by atoms with Gasteiger partial charge in [0.2, 0.25) is 17.7 Å². The number of nitrogens with zero attached hydrogens (tertiary/aromatic N) is 1. The zero-order valence-corrected chi connectivity index (χ0v) is 15.7. The number of halogens is 2. The lowest BCUT2D eigenvalue weighted by Gasteiger charge is -2.08. The Kier molecular flexibility index (Phi) is 5.75. The molecule has 1 aromatic carbocycles. The van der Waals surface area contributed by atoms with Crippen molar-refractivity contribution >= 4 is 63.1 Å². The molecule has 2 heterocycles. The highest BCUT2D eigenvalue weighted by atomic mass is 35.5. The van der Waals surface area contributed by atoms with Gasteiger partial charge in [-0.1, -0.05) is 23.2 Å². The standard InChI is InChI=1S/C16H14Cl2N4O3S/c17-10-2-1-8(5-11(10)18)19-14(24)6-9-7-26-16(20-9)22-15(25)12-3-4-13(23)21-12/h1-2,5,7,12H,3-4,6H2,(H,19,24)(H,21,23)(H,20,22,25)/t12-/m1/s1. The summed E-state index contributed by atoms with van der Waals surface area (Å²) in [4.78, 5) is 39.5. The Morgan fingerprint density at radius 2 is 2.08 bits per heavy atom. The van der Waals surface area contributed by atoms with E-state index < -0.39 is 6.04 Å². The molecule has 7 nitrogen and oxygen atoms in total. The molecule has 3 rings (SSSR count). The Hall–Kier alpha value is -2.16. The lowest BCUT2D eigenvalue weighted by Crippen LogP contribution is -2.37. The van der Waals surface area contributed by atoms with Crippen LogP contribution in [0.3, 0.4) is 0 Å². The quantitative estimate of drug-likeness (QED) is 0.702. The molecule has 2 aromatic rings. The number of carbonyl (C=O) groups is 3. The highest BCUT2D eigenvalue weighted by Gasteiger charge is 2.27. The molecule has 1 aromatic heterocycles. The number of carbonyl (C=O) groups excluding carboxylic acids is 3. The minimum absolute atomic E-state index is 0.0484. The van der Waals surface area contributed by atoms with Gasteiger partial charge in [0.05, 0.1) is 22.2 Å². The molecule has 0 unspecified atom stereocenters. The summed E-state index contributed by atoms with van der Waals surface area (Å²) in [5.41, 5.74) is 1.06. The molecule has 0 saturated carbocycles. The van der Waals surface area contributed by atoms with Crippen molar-refractivity contribution in [1.29, 1.82) is 0 Å². The van der Waals surface area contributed by atoms with Crippen molar-refractivity contribution in [2.75, 3.05) is 10.6 Å². The van der Waals surface area contributed by atoms with Crippen LogP contribution in [0.1, 0.15) is 18.5 Å². The van der Waals surface area contributed by atoms with Gasteiger partial charge in [-0.15, -0.1) is 11.3 Å². The summed E-state index contributed by atoms with van der Waals surface area (Å²) in [6.07, 6.45) is 0.859. The molecule has 1 saturated heterocycles. The second-order valence-corrected chi connectivity index (χ2v) is 7.32. The Labute approximate surface area is 163 Å². The molecule has 136 valence electrons. The normalized spacial score (nSPS) is 16.2. The van der Waals surface area contributed by atoms with Gasteiger partial charge in [-0.25, -0.2) is 4.98 Å². The number of anilines is 2. The summed E-state index contributed by atoms with van der Waals surface area (Å²) in [5.74, 6) is -0.712. The predicted octanol–water partition coefficient (Wildman–Crippen LogP) is 2.85. The van der Waals surface area contributed by atoms with Crippen LogP contribution in [0.25, 0.3) is 0 Å². The molecule has 1 atom stereocenters. The molecule has 1 fully saturated rings. The molecular weight excluding hydrogens is 399 g/mol. The molecule has 0 bridgehead atoms. The highest BCUT2D eigenvalue weighted by molar-refractivity contribution is 7.13. The molecule has 0 spiro atoms. The molecular formula is C16H14Cl2N4O3S. The first-order valence-electron chi connectivity index (χ1n) is 7.70. The maximum Gasteiger partial charge on any atom is 0.248 e. The van der Waals surface area contributed by atoms with Crippen molar-refractivity contribution in [3.63, 3.8) is 0 Å². The number of nitrogens with one attached hydrogen (secondary N) is 3. The van der Waals surface area contributed by atoms with Gasteiger partial charge in [0.15, 0.2) is 5.13 Å². The first kappa shape index (κ1) is 18.6. The van der Waals surface area contributed by atoms with E-state index in [0.717, 1.165) is 0 Å². The van der Waals surface area contributed by atoms with Crippen molar-refractivity contribution in [3.8, 4) is 0 Å². The van der Waals surface area contributed by atoms with Crippen molar-refractivity contribution < 1.29 is 14.4 Å². The number of hydrogen-bond acceptors (Lipinski definition) is 5. The summed E-state index contributed by atoms with van der Waals surface area (Å²) in [5, 5.41) is 10.8. The Bertz CT molecular complexity index is 871. The number of thiazole rings is 1. The number of aromatic nitrogens is 1. The van der Waals surface area contributed by atoms with Crippen LogP contribution in [-0.4, -0.2) is 28.7 Å². The molecule has 1 aliphatic heterocycles. The van der Waals surface area contributed by atoms with Crippen LogP contribution in [0.4, 0.5) is 10.8 Å². The Morgan fingerprint density at radius 3 is 2.77 bits per heavy atom. The molecule has 3 amide bonds. The first-order valence-corrected chi connectivity index (χ1v) is 9.34. The summed E-state index contributed by atoms with van der Waals surface area (Å²) < 4.78 is 0. The lowest BCUT2D eigenvalue weighted by atomic mass is 10.2.